The predicted molar refractivity (Wildman–Crippen MR) is 84.3 cm³/mol. The number of hydrogen-bond acceptors (Lipinski definition) is 4. The number of likely N-dealkylation sites (tertiary alicyclic amines) is 1. The van der Waals surface area contributed by atoms with Crippen LogP contribution in [0.3, 0.4) is 0 Å². The van der Waals surface area contributed by atoms with Gasteiger partial charge in [0.05, 0.1) is 0 Å². The van der Waals surface area contributed by atoms with Crippen molar-refractivity contribution >= 4 is 5.84 Å². The summed E-state index contributed by atoms with van der Waals surface area (Å²) in [5.41, 5.74) is 7.83. The quantitative estimate of drug-likeness (QED) is 0.378. The molecule has 0 aliphatic carbocycles. The zero-order valence-corrected chi connectivity index (χ0v) is 13.0. The van der Waals surface area contributed by atoms with E-state index in [9.17, 15) is 0 Å². The maximum atomic E-state index is 8.72. The summed E-state index contributed by atoms with van der Waals surface area (Å²) in [5.74, 6) is 0.0616. The van der Waals surface area contributed by atoms with Crippen LogP contribution < -0.4 is 5.73 Å². The van der Waals surface area contributed by atoms with E-state index in [4.69, 9.17) is 10.9 Å². The van der Waals surface area contributed by atoms with E-state index in [1.807, 2.05) is 12.1 Å². The maximum absolute atomic E-state index is 8.72. The molecule has 0 amide bonds. The average molecular weight is 290 g/mol. The van der Waals surface area contributed by atoms with Crippen LogP contribution in [0.15, 0.2) is 23.5 Å². The minimum atomic E-state index is 0.0616. The molecule has 0 atom stereocenters. The van der Waals surface area contributed by atoms with Crippen LogP contribution >= 0.6 is 0 Å². The summed E-state index contributed by atoms with van der Waals surface area (Å²) in [7, 11) is 0. The Hall–Kier alpha value is -1.62. The van der Waals surface area contributed by atoms with E-state index in [1.165, 1.54) is 25.7 Å². The Balaban J connectivity index is 1.98. The minimum Gasteiger partial charge on any atom is -0.409 e. The number of nitrogens with zero attached hydrogens (tertiary/aromatic N) is 3. The third-order valence-electron chi connectivity index (χ3n) is 5.02. The van der Waals surface area contributed by atoms with Gasteiger partial charge in [-0.1, -0.05) is 31.8 Å². The molecule has 1 aliphatic rings. The molecule has 1 saturated heterocycles. The highest BCUT2D eigenvalue weighted by atomic mass is 16.4. The highest BCUT2D eigenvalue weighted by molar-refractivity contribution is 5.95. The van der Waals surface area contributed by atoms with Gasteiger partial charge in [0.15, 0.2) is 5.84 Å². The third kappa shape index (κ3) is 3.73. The molecule has 5 heteroatoms. The van der Waals surface area contributed by atoms with Crippen LogP contribution in [0.4, 0.5) is 0 Å². The van der Waals surface area contributed by atoms with Gasteiger partial charge in [0.25, 0.3) is 0 Å². The van der Waals surface area contributed by atoms with Crippen LogP contribution in [0.2, 0.25) is 0 Å². The molecule has 1 aromatic rings. The maximum Gasteiger partial charge on any atom is 0.188 e. The van der Waals surface area contributed by atoms with Crippen LogP contribution in [0.5, 0.6) is 0 Å². The first kappa shape index (κ1) is 15.8. The van der Waals surface area contributed by atoms with Crippen molar-refractivity contribution in [2.45, 2.75) is 46.1 Å². The van der Waals surface area contributed by atoms with Crippen molar-refractivity contribution in [3.63, 3.8) is 0 Å². The lowest BCUT2D eigenvalue weighted by Crippen LogP contribution is -2.39. The van der Waals surface area contributed by atoms with Crippen LogP contribution in [-0.4, -0.2) is 34.0 Å². The van der Waals surface area contributed by atoms with Gasteiger partial charge in [0, 0.05) is 12.7 Å². The van der Waals surface area contributed by atoms with Crippen LogP contribution in [0.25, 0.3) is 0 Å². The first-order valence-electron chi connectivity index (χ1n) is 7.77. The topological polar surface area (TPSA) is 74.7 Å². The van der Waals surface area contributed by atoms with Gasteiger partial charge in [-0.3, -0.25) is 9.88 Å². The van der Waals surface area contributed by atoms with Gasteiger partial charge in [-0.2, -0.15) is 0 Å². The Bertz CT molecular complexity index is 487. The summed E-state index contributed by atoms with van der Waals surface area (Å²) < 4.78 is 0. The van der Waals surface area contributed by atoms with Crippen molar-refractivity contribution < 1.29 is 5.21 Å². The molecule has 116 valence electrons. The van der Waals surface area contributed by atoms with E-state index in [-0.39, 0.29) is 5.84 Å². The Morgan fingerprint density at radius 1 is 1.38 bits per heavy atom. The molecule has 0 aromatic carbocycles. The zero-order valence-electron chi connectivity index (χ0n) is 13.0. The lowest BCUT2D eigenvalue weighted by atomic mass is 9.74. The highest BCUT2D eigenvalue weighted by Gasteiger charge is 2.30. The number of hydrogen-bond donors (Lipinski definition) is 2. The lowest BCUT2D eigenvalue weighted by Gasteiger charge is -2.41. The Morgan fingerprint density at radius 3 is 2.62 bits per heavy atom. The number of oxime groups is 1. The largest absolute Gasteiger partial charge is 0.409 e. The Morgan fingerprint density at radius 2 is 2.05 bits per heavy atom. The first-order valence-corrected chi connectivity index (χ1v) is 7.77. The molecule has 21 heavy (non-hydrogen) atoms. The summed E-state index contributed by atoms with van der Waals surface area (Å²) in [6.07, 6.45) is 6.83. The molecule has 0 radical (unpaired) electrons. The van der Waals surface area contributed by atoms with Crippen molar-refractivity contribution in [2.75, 3.05) is 13.1 Å². The van der Waals surface area contributed by atoms with Gasteiger partial charge >= 0.3 is 0 Å². The summed E-state index contributed by atoms with van der Waals surface area (Å²) in [5, 5.41) is 11.7. The van der Waals surface area contributed by atoms with Crippen molar-refractivity contribution in [1.82, 2.24) is 9.88 Å². The highest BCUT2D eigenvalue weighted by Crippen LogP contribution is 2.38. The molecule has 2 rings (SSSR count). The normalized spacial score (nSPS) is 19.6. The van der Waals surface area contributed by atoms with Gasteiger partial charge in [0.2, 0.25) is 0 Å². The van der Waals surface area contributed by atoms with Crippen molar-refractivity contribution in [3.8, 4) is 0 Å². The average Bonchev–Trinajstić information content (AvgIpc) is 2.55. The Labute approximate surface area is 126 Å². The van der Waals surface area contributed by atoms with E-state index in [2.05, 4.69) is 28.9 Å². The third-order valence-corrected chi connectivity index (χ3v) is 5.02. The van der Waals surface area contributed by atoms with Crippen LogP contribution in [-0.2, 0) is 6.54 Å². The number of aromatic nitrogens is 1. The molecule has 3 N–H and O–H groups in total. The van der Waals surface area contributed by atoms with Gasteiger partial charge in [0.1, 0.15) is 5.69 Å². The first-order chi connectivity index (χ1) is 10.1. The molecular weight excluding hydrogens is 264 g/mol. The van der Waals surface area contributed by atoms with Crippen LogP contribution in [0.1, 0.15) is 50.8 Å². The van der Waals surface area contributed by atoms with Gasteiger partial charge in [-0.15, -0.1) is 0 Å². The number of pyridine rings is 1. The van der Waals surface area contributed by atoms with Gasteiger partial charge < -0.3 is 10.9 Å². The zero-order chi connectivity index (χ0) is 15.3. The number of rotatable bonds is 5. The van der Waals surface area contributed by atoms with Crippen molar-refractivity contribution in [3.05, 3.63) is 29.6 Å². The second-order valence-corrected chi connectivity index (χ2v) is 6.02. The molecular formula is C16H26N4O. The van der Waals surface area contributed by atoms with E-state index < -0.39 is 0 Å². The molecule has 0 spiro atoms. The lowest BCUT2D eigenvalue weighted by molar-refractivity contribution is 0.0909. The number of amidine groups is 1. The molecule has 1 fully saturated rings. The monoisotopic (exact) mass is 290 g/mol. The number of nitrogens with two attached hydrogens (primary N) is 1. The van der Waals surface area contributed by atoms with E-state index in [1.54, 1.807) is 6.20 Å². The smallest absolute Gasteiger partial charge is 0.188 e. The van der Waals surface area contributed by atoms with Gasteiger partial charge in [-0.05, 0) is 49.0 Å². The van der Waals surface area contributed by atoms with Gasteiger partial charge in [-0.25, -0.2) is 0 Å². The fraction of sp³-hybridized carbons (Fsp3) is 0.625. The molecule has 1 aromatic heterocycles. The van der Waals surface area contributed by atoms with E-state index >= 15 is 0 Å². The second-order valence-electron chi connectivity index (χ2n) is 6.02. The molecule has 0 saturated carbocycles. The summed E-state index contributed by atoms with van der Waals surface area (Å²) in [6.45, 7) is 7.81. The molecule has 0 bridgehead atoms. The summed E-state index contributed by atoms with van der Waals surface area (Å²) in [4.78, 5) is 6.60. The SMILES string of the molecule is CCC1(CC)CCN(Cc2ccnc(C(N)=NO)c2)CC1. The molecule has 5 nitrogen and oxygen atoms in total. The van der Waals surface area contributed by atoms with Crippen molar-refractivity contribution in [2.24, 2.45) is 16.3 Å². The molecule has 1 aliphatic heterocycles. The number of piperidine rings is 1. The van der Waals surface area contributed by atoms with Crippen LogP contribution in [0, 0.1) is 5.41 Å². The molecule has 2 heterocycles. The van der Waals surface area contributed by atoms with E-state index in [0.717, 1.165) is 25.2 Å². The van der Waals surface area contributed by atoms with E-state index in [0.29, 0.717) is 11.1 Å². The molecule has 0 unspecified atom stereocenters. The summed E-state index contributed by atoms with van der Waals surface area (Å²) in [6, 6.07) is 3.90. The fourth-order valence-corrected chi connectivity index (χ4v) is 3.16. The van der Waals surface area contributed by atoms with Crippen molar-refractivity contribution in [1.29, 1.82) is 0 Å². The minimum absolute atomic E-state index is 0.0616. The fourth-order valence-electron chi connectivity index (χ4n) is 3.16. The Kier molecular flexibility index (Phi) is 5.17. The standard InChI is InChI=1S/C16H26N4O/c1-3-16(4-2)6-9-20(10-7-16)12-13-5-8-18-14(11-13)15(17)19-21/h5,8,11,21H,3-4,6-7,9-10,12H2,1-2H3,(H2,17,19). The second kappa shape index (κ2) is 6.89. The predicted octanol–water partition coefficient (Wildman–Crippen LogP) is 2.58. The summed E-state index contributed by atoms with van der Waals surface area (Å²) >= 11 is 0.